The van der Waals surface area contributed by atoms with E-state index >= 15 is 0 Å². The Bertz CT molecular complexity index is 1310. The number of anilines is 1. The monoisotopic (exact) mass is 425 g/mol. The molecular weight excluding hydrogens is 406 g/mol. The van der Waals surface area contributed by atoms with Crippen molar-refractivity contribution < 1.29 is 4.79 Å². The molecule has 1 N–H and O–H groups in total. The third-order valence-electron chi connectivity index (χ3n) is 5.04. The number of aryl methyl sites for hydroxylation is 1. The molecule has 0 atom stereocenters. The van der Waals surface area contributed by atoms with Gasteiger partial charge in [0.2, 0.25) is 5.91 Å². The third kappa shape index (κ3) is 4.69. The molecule has 0 aliphatic rings. The first-order valence-electron chi connectivity index (χ1n) is 9.85. The molecule has 4 rings (SSSR count). The van der Waals surface area contributed by atoms with Crippen LogP contribution >= 0.6 is 11.6 Å². The second-order valence-corrected chi connectivity index (χ2v) is 7.76. The number of nitrogens with zero attached hydrogens (tertiary/aromatic N) is 2. The smallest absolute Gasteiger partial charge is 0.244 e. The molecule has 0 bridgehead atoms. The first-order valence-corrected chi connectivity index (χ1v) is 10.2. The Kier molecular flexibility index (Phi) is 5.88. The van der Waals surface area contributed by atoms with E-state index < -0.39 is 0 Å². The number of rotatable bonds is 5. The summed E-state index contributed by atoms with van der Waals surface area (Å²) in [7, 11) is 0. The van der Waals surface area contributed by atoms with Crippen LogP contribution in [0.1, 0.15) is 16.7 Å². The molecule has 31 heavy (non-hydrogen) atoms. The Morgan fingerprint density at radius 1 is 1.06 bits per heavy atom. The molecule has 4 nitrogen and oxygen atoms in total. The van der Waals surface area contributed by atoms with Crippen molar-refractivity contribution in [2.24, 2.45) is 0 Å². The summed E-state index contributed by atoms with van der Waals surface area (Å²) < 4.78 is 1.90. The van der Waals surface area contributed by atoms with E-state index in [9.17, 15) is 10.1 Å². The van der Waals surface area contributed by atoms with E-state index in [-0.39, 0.29) is 12.5 Å². The molecule has 0 aliphatic carbocycles. The number of halogens is 1. The zero-order chi connectivity index (χ0) is 21.8. The summed E-state index contributed by atoms with van der Waals surface area (Å²) in [5, 5.41) is 14.2. The van der Waals surface area contributed by atoms with Gasteiger partial charge in [-0.05, 0) is 48.9 Å². The molecule has 0 spiro atoms. The lowest BCUT2D eigenvalue weighted by atomic mass is 10.0. The molecule has 0 aliphatic heterocycles. The van der Waals surface area contributed by atoms with E-state index in [1.165, 1.54) is 0 Å². The third-order valence-corrected chi connectivity index (χ3v) is 5.30. The van der Waals surface area contributed by atoms with E-state index in [1.54, 1.807) is 12.1 Å². The minimum absolute atomic E-state index is 0.113. The molecular formula is C26H20ClN3O. The van der Waals surface area contributed by atoms with Crippen LogP contribution < -0.4 is 5.32 Å². The van der Waals surface area contributed by atoms with Crippen LogP contribution in [0.3, 0.4) is 0 Å². The molecule has 0 saturated heterocycles. The average Bonchev–Trinajstić information content (AvgIpc) is 3.11. The van der Waals surface area contributed by atoms with E-state index in [0.29, 0.717) is 10.6 Å². The Morgan fingerprint density at radius 3 is 2.48 bits per heavy atom. The van der Waals surface area contributed by atoms with E-state index in [0.717, 1.165) is 33.3 Å². The highest BCUT2D eigenvalue weighted by Gasteiger charge is 2.11. The topological polar surface area (TPSA) is 57.8 Å². The molecule has 1 heterocycles. The number of benzene rings is 3. The summed E-state index contributed by atoms with van der Waals surface area (Å²) in [6.45, 7) is 2.18. The molecule has 0 saturated carbocycles. The van der Waals surface area contributed by atoms with Gasteiger partial charge in [0.1, 0.15) is 6.54 Å². The first-order chi connectivity index (χ1) is 15.0. The average molecular weight is 426 g/mol. The van der Waals surface area contributed by atoms with Crippen molar-refractivity contribution in [2.45, 2.75) is 13.5 Å². The lowest BCUT2D eigenvalue weighted by Gasteiger charge is -2.07. The van der Waals surface area contributed by atoms with Crippen molar-refractivity contribution in [3.05, 3.63) is 101 Å². The lowest BCUT2D eigenvalue weighted by molar-refractivity contribution is -0.116. The normalized spacial score (nSPS) is 11.3. The zero-order valence-corrected chi connectivity index (χ0v) is 17.7. The van der Waals surface area contributed by atoms with Crippen LogP contribution in [0, 0.1) is 18.3 Å². The lowest BCUT2D eigenvalue weighted by Crippen LogP contribution is -2.18. The van der Waals surface area contributed by atoms with Gasteiger partial charge in [0, 0.05) is 33.4 Å². The van der Waals surface area contributed by atoms with Crippen LogP contribution in [-0.4, -0.2) is 10.5 Å². The molecule has 4 aromatic rings. The van der Waals surface area contributed by atoms with Crippen LogP contribution in [0.4, 0.5) is 5.69 Å². The summed E-state index contributed by atoms with van der Waals surface area (Å²) in [4.78, 5) is 12.6. The second kappa shape index (κ2) is 8.91. The van der Waals surface area contributed by atoms with Gasteiger partial charge < -0.3 is 9.88 Å². The highest BCUT2D eigenvalue weighted by atomic mass is 35.5. The molecule has 3 aromatic carbocycles. The number of fused-ring (bicyclic) bond motifs is 1. The first kappa shape index (κ1) is 20.5. The number of carbonyl (C=O) groups excluding carboxylic acids is 1. The maximum atomic E-state index is 12.6. The molecule has 0 unspecified atom stereocenters. The number of allylic oxidation sites excluding steroid dienone is 1. The van der Waals surface area contributed by atoms with Crippen LogP contribution in [0.15, 0.2) is 79.0 Å². The predicted octanol–water partition coefficient (Wildman–Crippen LogP) is 6.31. The number of nitriles is 1. The zero-order valence-electron chi connectivity index (χ0n) is 17.0. The fraction of sp³-hybridized carbons (Fsp3) is 0.0769. The molecule has 0 radical (unpaired) electrons. The van der Waals surface area contributed by atoms with Crippen molar-refractivity contribution in [3.8, 4) is 6.07 Å². The highest BCUT2D eigenvalue weighted by molar-refractivity contribution is 6.30. The summed E-state index contributed by atoms with van der Waals surface area (Å²) in [5.41, 5.74) is 5.04. The number of nitrogens with one attached hydrogen (secondary N) is 1. The van der Waals surface area contributed by atoms with Crippen molar-refractivity contribution in [2.75, 3.05) is 5.32 Å². The molecule has 5 heteroatoms. The fourth-order valence-corrected chi connectivity index (χ4v) is 3.60. The Morgan fingerprint density at radius 2 is 1.77 bits per heavy atom. The quantitative estimate of drug-likeness (QED) is 0.381. The van der Waals surface area contributed by atoms with Gasteiger partial charge in [-0.25, -0.2) is 0 Å². The minimum atomic E-state index is -0.113. The van der Waals surface area contributed by atoms with E-state index in [2.05, 4.69) is 11.4 Å². The maximum Gasteiger partial charge on any atom is 0.244 e. The SMILES string of the molecule is Cc1ccc(NC(=O)Cn2cc(C=C(C#N)c3ccc(Cl)cc3)c3ccccc32)cc1. The van der Waals surface area contributed by atoms with Crippen molar-refractivity contribution in [3.63, 3.8) is 0 Å². The summed E-state index contributed by atoms with van der Waals surface area (Å²) in [5.74, 6) is -0.113. The standard InChI is InChI=1S/C26H20ClN3O/c1-18-6-12-23(13-7-18)29-26(31)17-30-16-21(24-4-2-3-5-25(24)30)14-20(15-28)19-8-10-22(27)11-9-19/h2-14,16H,17H2,1H3,(H,29,31). The van der Waals surface area contributed by atoms with Gasteiger partial charge in [-0.2, -0.15) is 5.26 Å². The number of hydrogen-bond acceptors (Lipinski definition) is 2. The van der Waals surface area contributed by atoms with Gasteiger partial charge in [0.05, 0.1) is 11.6 Å². The second-order valence-electron chi connectivity index (χ2n) is 7.32. The predicted molar refractivity (Wildman–Crippen MR) is 127 cm³/mol. The van der Waals surface area contributed by atoms with Crippen LogP contribution in [0.5, 0.6) is 0 Å². The van der Waals surface area contributed by atoms with Crippen LogP contribution in [-0.2, 0) is 11.3 Å². The van der Waals surface area contributed by atoms with Crippen molar-refractivity contribution in [1.29, 1.82) is 5.26 Å². The van der Waals surface area contributed by atoms with Gasteiger partial charge in [-0.3, -0.25) is 4.79 Å². The van der Waals surface area contributed by atoms with Crippen molar-refractivity contribution >= 4 is 45.7 Å². The Balaban J connectivity index is 1.65. The highest BCUT2D eigenvalue weighted by Crippen LogP contribution is 2.27. The van der Waals surface area contributed by atoms with Gasteiger partial charge in [-0.15, -0.1) is 0 Å². The molecule has 0 fully saturated rings. The summed E-state index contributed by atoms with van der Waals surface area (Å²) >= 11 is 5.97. The van der Waals surface area contributed by atoms with Gasteiger partial charge in [0.25, 0.3) is 0 Å². The largest absolute Gasteiger partial charge is 0.337 e. The summed E-state index contributed by atoms with van der Waals surface area (Å²) in [6.07, 6.45) is 3.76. The number of aromatic nitrogens is 1. The van der Waals surface area contributed by atoms with Gasteiger partial charge in [0.15, 0.2) is 0 Å². The Labute approximate surface area is 186 Å². The van der Waals surface area contributed by atoms with E-state index in [4.69, 9.17) is 11.6 Å². The fourth-order valence-electron chi connectivity index (χ4n) is 3.48. The number of hydrogen-bond donors (Lipinski definition) is 1. The number of para-hydroxylation sites is 1. The Hall–Kier alpha value is -3.81. The van der Waals surface area contributed by atoms with Crippen LogP contribution in [0.2, 0.25) is 5.02 Å². The van der Waals surface area contributed by atoms with Gasteiger partial charge >= 0.3 is 0 Å². The summed E-state index contributed by atoms with van der Waals surface area (Å²) in [6, 6.07) is 25.0. The maximum absolute atomic E-state index is 12.6. The minimum Gasteiger partial charge on any atom is -0.337 e. The molecule has 152 valence electrons. The number of carbonyl (C=O) groups is 1. The van der Waals surface area contributed by atoms with E-state index in [1.807, 2.05) is 84.4 Å². The van der Waals surface area contributed by atoms with Crippen molar-refractivity contribution in [1.82, 2.24) is 4.57 Å². The number of amides is 1. The molecule has 1 aromatic heterocycles. The van der Waals surface area contributed by atoms with Crippen LogP contribution in [0.25, 0.3) is 22.6 Å². The van der Waals surface area contributed by atoms with Gasteiger partial charge in [-0.1, -0.05) is 59.6 Å². The molecule has 1 amide bonds.